The number of aryl methyl sites for hydroxylation is 1. The van der Waals surface area contributed by atoms with Gasteiger partial charge in [0.05, 0.1) is 10.3 Å². The van der Waals surface area contributed by atoms with Crippen molar-refractivity contribution in [2.24, 2.45) is 0 Å². The lowest BCUT2D eigenvalue weighted by Gasteiger charge is -2.05. The summed E-state index contributed by atoms with van der Waals surface area (Å²) >= 11 is 0. The van der Waals surface area contributed by atoms with Gasteiger partial charge in [-0.2, -0.15) is 0 Å². The van der Waals surface area contributed by atoms with Crippen LogP contribution in [0.4, 0.5) is 0 Å². The summed E-state index contributed by atoms with van der Waals surface area (Å²) in [5.41, 5.74) is 0.398. The molecule has 0 atom stereocenters. The van der Waals surface area contributed by atoms with Crippen molar-refractivity contribution >= 4 is 20.8 Å². The van der Waals surface area contributed by atoms with E-state index in [1.54, 1.807) is 12.1 Å². The van der Waals surface area contributed by atoms with Gasteiger partial charge in [0.1, 0.15) is 17.6 Å². The number of phenolic OH excluding ortho intramolecular Hbond substituents is 1. The lowest BCUT2D eigenvalue weighted by Crippen LogP contribution is -2.15. The number of hydrogen-bond acceptors (Lipinski definition) is 5. The Morgan fingerprint density at radius 3 is 2.41 bits per heavy atom. The van der Waals surface area contributed by atoms with Crippen molar-refractivity contribution in [2.75, 3.05) is 0 Å². The van der Waals surface area contributed by atoms with Crippen LogP contribution in [0.25, 0.3) is 11.0 Å². The predicted molar refractivity (Wildman–Crippen MR) is 80.8 cm³/mol. The van der Waals surface area contributed by atoms with Crippen LogP contribution in [-0.4, -0.2) is 13.5 Å². The van der Waals surface area contributed by atoms with E-state index in [-0.39, 0.29) is 21.6 Å². The molecule has 0 aliphatic rings. The zero-order chi connectivity index (χ0) is 15.9. The van der Waals surface area contributed by atoms with Crippen LogP contribution >= 0.6 is 0 Å². The Bertz CT molecular complexity index is 1010. The van der Waals surface area contributed by atoms with Crippen LogP contribution in [0.5, 0.6) is 5.75 Å². The Morgan fingerprint density at radius 2 is 1.73 bits per heavy atom. The molecule has 2 aromatic carbocycles. The van der Waals surface area contributed by atoms with Gasteiger partial charge in [-0.1, -0.05) is 17.7 Å². The van der Waals surface area contributed by atoms with Gasteiger partial charge >= 0.3 is 0 Å². The van der Waals surface area contributed by atoms with Crippen LogP contribution in [-0.2, 0) is 9.84 Å². The Kier molecular flexibility index (Phi) is 3.26. The molecule has 0 unspecified atom stereocenters. The first-order chi connectivity index (χ1) is 10.4. The van der Waals surface area contributed by atoms with Crippen LogP contribution < -0.4 is 5.43 Å². The zero-order valence-corrected chi connectivity index (χ0v) is 12.4. The molecule has 0 aliphatic carbocycles. The normalized spacial score (nSPS) is 11.7. The molecule has 1 heterocycles. The summed E-state index contributed by atoms with van der Waals surface area (Å²) in [5, 5.41) is 9.48. The smallest absolute Gasteiger partial charge is 0.213 e. The first-order valence-electron chi connectivity index (χ1n) is 6.46. The first kappa shape index (κ1) is 14.3. The number of sulfone groups is 1. The van der Waals surface area contributed by atoms with Gasteiger partial charge in [0.2, 0.25) is 15.3 Å². The van der Waals surface area contributed by atoms with Crippen molar-refractivity contribution in [3.05, 3.63) is 64.5 Å². The highest BCUT2D eigenvalue weighted by molar-refractivity contribution is 7.91. The van der Waals surface area contributed by atoms with E-state index >= 15 is 0 Å². The van der Waals surface area contributed by atoms with E-state index in [0.717, 1.165) is 11.8 Å². The second-order valence-corrected chi connectivity index (χ2v) is 6.84. The van der Waals surface area contributed by atoms with E-state index in [4.69, 9.17) is 4.42 Å². The second kappa shape index (κ2) is 4.99. The number of benzene rings is 2. The minimum absolute atomic E-state index is 0.0310. The lowest BCUT2D eigenvalue weighted by molar-refractivity contribution is 0.473. The number of hydrogen-bond donors (Lipinski definition) is 1. The van der Waals surface area contributed by atoms with Crippen LogP contribution in [0.3, 0.4) is 0 Å². The Hall–Kier alpha value is -2.60. The van der Waals surface area contributed by atoms with E-state index in [9.17, 15) is 18.3 Å². The molecular formula is C16H12O5S. The molecule has 22 heavy (non-hydrogen) atoms. The maximum Gasteiger partial charge on any atom is 0.213 e. The van der Waals surface area contributed by atoms with E-state index < -0.39 is 20.2 Å². The van der Waals surface area contributed by atoms with E-state index in [2.05, 4.69) is 0 Å². The highest BCUT2D eigenvalue weighted by Crippen LogP contribution is 2.23. The third-order valence-electron chi connectivity index (χ3n) is 3.35. The van der Waals surface area contributed by atoms with Crippen molar-refractivity contribution in [3.8, 4) is 5.75 Å². The van der Waals surface area contributed by atoms with Gasteiger partial charge in [-0.15, -0.1) is 0 Å². The molecule has 0 fully saturated rings. The highest BCUT2D eigenvalue weighted by Gasteiger charge is 2.23. The Morgan fingerprint density at radius 1 is 1.05 bits per heavy atom. The summed E-state index contributed by atoms with van der Waals surface area (Å²) in [4.78, 5) is 12.0. The standard InChI is InChI=1S/C16H12O5S/c1-10-2-5-12(6-3-10)22(19,20)15-9-21-14-8-11(17)4-7-13(14)16(15)18/h2-9,17H,1H3. The number of fused-ring (bicyclic) bond motifs is 1. The number of rotatable bonds is 2. The topological polar surface area (TPSA) is 84.6 Å². The summed E-state index contributed by atoms with van der Waals surface area (Å²) < 4.78 is 30.3. The number of aromatic hydroxyl groups is 1. The molecule has 0 aliphatic heterocycles. The average molecular weight is 316 g/mol. The van der Waals surface area contributed by atoms with E-state index in [0.29, 0.717) is 0 Å². The first-order valence-corrected chi connectivity index (χ1v) is 7.94. The summed E-state index contributed by atoms with van der Waals surface area (Å²) in [5.74, 6) is -0.0650. The molecular weight excluding hydrogens is 304 g/mol. The molecule has 0 radical (unpaired) electrons. The molecule has 3 aromatic rings. The summed E-state index contributed by atoms with van der Waals surface area (Å²) in [6.07, 6.45) is 0.916. The maximum absolute atomic E-state index is 12.6. The van der Waals surface area contributed by atoms with Crippen LogP contribution in [0.1, 0.15) is 5.56 Å². The molecule has 0 saturated heterocycles. The molecule has 0 spiro atoms. The van der Waals surface area contributed by atoms with Crippen molar-refractivity contribution in [2.45, 2.75) is 16.7 Å². The summed E-state index contributed by atoms with van der Waals surface area (Å²) in [6, 6.07) is 10.1. The molecule has 0 amide bonds. The second-order valence-electron chi connectivity index (χ2n) is 4.93. The van der Waals surface area contributed by atoms with Crippen LogP contribution in [0.2, 0.25) is 0 Å². The average Bonchev–Trinajstić information content (AvgIpc) is 2.47. The minimum Gasteiger partial charge on any atom is -0.508 e. The molecule has 6 heteroatoms. The summed E-state index contributed by atoms with van der Waals surface area (Å²) in [6.45, 7) is 1.84. The van der Waals surface area contributed by atoms with Crippen LogP contribution in [0.15, 0.2) is 67.7 Å². The molecule has 0 saturated carbocycles. The van der Waals surface area contributed by atoms with E-state index in [1.165, 1.54) is 30.3 Å². The van der Waals surface area contributed by atoms with Crippen LogP contribution in [0, 0.1) is 6.92 Å². The predicted octanol–water partition coefficient (Wildman–Crippen LogP) is 2.64. The molecule has 112 valence electrons. The SMILES string of the molecule is Cc1ccc(S(=O)(=O)c2coc3cc(O)ccc3c2=O)cc1. The molecule has 1 N–H and O–H groups in total. The fourth-order valence-electron chi connectivity index (χ4n) is 2.13. The van der Waals surface area contributed by atoms with Gasteiger partial charge in [-0.3, -0.25) is 4.79 Å². The van der Waals surface area contributed by atoms with Gasteiger partial charge in [0.15, 0.2) is 4.90 Å². The molecule has 0 bridgehead atoms. The largest absolute Gasteiger partial charge is 0.508 e. The maximum atomic E-state index is 12.6. The third kappa shape index (κ3) is 2.27. The fourth-order valence-corrected chi connectivity index (χ4v) is 3.41. The van der Waals surface area contributed by atoms with Gasteiger partial charge in [0.25, 0.3) is 0 Å². The minimum atomic E-state index is -3.96. The van der Waals surface area contributed by atoms with Crippen molar-refractivity contribution in [3.63, 3.8) is 0 Å². The monoisotopic (exact) mass is 316 g/mol. The Labute approximate surface area is 126 Å². The van der Waals surface area contributed by atoms with Crippen molar-refractivity contribution < 1.29 is 17.9 Å². The summed E-state index contributed by atoms with van der Waals surface area (Å²) in [7, 11) is -3.96. The molecule has 1 aromatic heterocycles. The molecule has 5 nitrogen and oxygen atoms in total. The van der Waals surface area contributed by atoms with Gasteiger partial charge in [0, 0.05) is 6.07 Å². The highest BCUT2D eigenvalue weighted by atomic mass is 32.2. The van der Waals surface area contributed by atoms with Crippen molar-refractivity contribution in [1.29, 1.82) is 0 Å². The van der Waals surface area contributed by atoms with Gasteiger partial charge in [-0.05, 0) is 31.2 Å². The van der Waals surface area contributed by atoms with Gasteiger partial charge in [-0.25, -0.2) is 8.42 Å². The quantitative estimate of drug-likeness (QED) is 0.785. The molecule has 3 rings (SSSR count). The van der Waals surface area contributed by atoms with Crippen molar-refractivity contribution in [1.82, 2.24) is 0 Å². The number of phenols is 1. The Balaban J connectivity index is 2.26. The third-order valence-corrected chi connectivity index (χ3v) is 5.10. The zero-order valence-electron chi connectivity index (χ0n) is 11.6. The van der Waals surface area contributed by atoms with Gasteiger partial charge < -0.3 is 9.52 Å². The lowest BCUT2D eigenvalue weighted by atomic mass is 10.2. The van der Waals surface area contributed by atoms with E-state index in [1.807, 2.05) is 6.92 Å². The fraction of sp³-hybridized carbons (Fsp3) is 0.0625.